The number of imidazole rings is 1. The Labute approximate surface area is 194 Å². The van der Waals surface area contributed by atoms with Crippen molar-refractivity contribution in [3.63, 3.8) is 0 Å². The molecule has 4 aromatic rings. The molecule has 0 fully saturated rings. The number of aromatic nitrogens is 2. The highest BCUT2D eigenvalue weighted by molar-refractivity contribution is 5.94. The lowest BCUT2D eigenvalue weighted by Crippen LogP contribution is -2.24. The fourth-order valence-corrected chi connectivity index (χ4v) is 3.81. The standard InChI is InChI=1S/C27H29N3O3/c1-32-22-12-7-13-23(20-22)33-19-9-18-30-25-15-6-5-14-24(25)29-26(30)16-8-17-28-27(31)21-10-3-2-4-11-21/h2-7,10-15,20H,8-9,16-19H2,1H3,(H,28,31). The second kappa shape index (κ2) is 11.2. The van der Waals surface area contributed by atoms with E-state index in [0.29, 0.717) is 18.7 Å². The molecule has 0 atom stereocenters. The first-order valence-corrected chi connectivity index (χ1v) is 11.3. The molecule has 170 valence electrons. The molecule has 0 spiro atoms. The molecule has 33 heavy (non-hydrogen) atoms. The molecule has 0 aliphatic heterocycles. The maximum Gasteiger partial charge on any atom is 0.251 e. The van der Waals surface area contributed by atoms with E-state index in [1.54, 1.807) is 7.11 Å². The van der Waals surface area contributed by atoms with Gasteiger partial charge in [-0.05, 0) is 49.2 Å². The Hall–Kier alpha value is -3.80. The number of benzene rings is 3. The third kappa shape index (κ3) is 5.92. The molecule has 6 heteroatoms. The lowest BCUT2D eigenvalue weighted by atomic mass is 10.2. The summed E-state index contributed by atoms with van der Waals surface area (Å²) in [6.45, 7) is 2.03. The fourth-order valence-electron chi connectivity index (χ4n) is 3.81. The first-order chi connectivity index (χ1) is 16.2. The minimum atomic E-state index is -0.0428. The van der Waals surface area contributed by atoms with Crippen LogP contribution >= 0.6 is 0 Å². The summed E-state index contributed by atoms with van der Waals surface area (Å²) in [5.74, 6) is 2.58. The molecule has 4 rings (SSSR count). The summed E-state index contributed by atoms with van der Waals surface area (Å²) >= 11 is 0. The van der Waals surface area contributed by atoms with Gasteiger partial charge in [0.1, 0.15) is 17.3 Å². The number of carbonyl (C=O) groups is 1. The molecule has 0 saturated heterocycles. The Balaban J connectivity index is 1.32. The van der Waals surface area contributed by atoms with Gasteiger partial charge in [0.2, 0.25) is 0 Å². The molecular formula is C27H29N3O3. The zero-order valence-corrected chi connectivity index (χ0v) is 18.9. The van der Waals surface area contributed by atoms with Gasteiger partial charge in [-0.3, -0.25) is 4.79 Å². The van der Waals surface area contributed by atoms with Crippen molar-refractivity contribution in [1.29, 1.82) is 0 Å². The van der Waals surface area contributed by atoms with Crippen molar-refractivity contribution in [3.8, 4) is 11.5 Å². The van der Waals surface area contributed by atoms with Crippen LogP contribution in [0, 0.1) is 0 Å². The summed E-state index contributed by atoms with van der Waals surface area (Å²) in [6.07, 6.45) is 2.47. The van der Waals surface area contributed by atoms with Gasteiger partial charge in [-0.2, -0.15) is 0 Å². The summed E-state index contributed by atoms with van der Waals surface area (Å²) < 4.78 is 13.4. The summed E-state index contributed by atoms with van der Waals surface area (Å²) in [7, 11) is 1.65. The second-order valence-electron chi connectivity index (χ2n) is 7.77. The Kier molecular flexibility index (Phi) is 7.59. The molecule has 0 aliphatic carbocycles. The lowest BCUT2D eigenvalue weighted by molar-refractivity contribution is 0.0953. The predicted molar refractivity (Wildman–Crippen MR) is 130 cm³/mol. The van der Waals surface area contributed by atoms with Crippen molar-refractivity contribution in [1.82, 2.24) is 14.9 Å². The summed E-state index contributed by atoms with van der Waals surface area (Å²) in [6, 6.07) is 25.1. The van der Waals surface area contributed by atoms with Gasteiger partial charge in [0, 0.05) is 31.1 Å². The van der Waals surface area contributed by atoms with E-state index in [0.717, 1.165) is 54.2 Å². The van der Waals surface area contributed by atoms with E-state index in [9.17, 15) is 4.79 Å². The van der Waals surface area contributed by atoms with Gasteiger partial charge in [0.05, 0.1) is 24.8 Å². The first-order valence-electron chi connectivity index (χ1n) is 11.3. The molecular weight excluding hydrogens is 414 g/mol. The largest absolute Gasteiger partial charge is 0.497 e. The van der Waals surface area contributed by atoms with E-state index >= 15 is 0 Å². The SMILES string of the molecule is COc1cccc(OCCCn2c(CCCNC(=O)c3ccccc3)nc3ccccc32)c1. The van der Waals surface area contributed by atoms with Gasteiger partial charge in [-0.1, -0.05) is 36.4 Å². The number of hydrogen-bond acceptors (Lipinski definition) is 4. The number of methoxy groups -OCH3 is 1. The van der Waals surface area contributed by atoms with Crippen LogP contribution in [0.2, 0.25) is 0 Å². The zero-order valence-electron chi connectivity index (χ0n) is 18.9. The van der Waals surface area contributed by atoms with Crippen LogP contribution in [0.4, 0.5) is 0 Å². The Morgan fingerprint density at radius 3 is 2.58 bits per heavy atom. The Morgan fingerprint density at radius 1 is 0.939 bits per heavy atom. The van der Waals surface area contributed by atoms with E-state index in [1.807, 2.05) is 72.8 Å². The maximum absolute atomic E-state index is 12.2. The number of carbonyl (C=O) groups excluding carboxylic acids is 1. The van der Waals surface area contributed by atoms with Gasteiger partial charge in [0.25, 0.3) is 5.91 Å². The number of hydrogen-bond donors (Lipinski definition) is 1. The lowest BCUT2D eigenvalue weighted by Gasteiger charge is -2.11. The van der Waals surface area contributed by atoms with Crippen molar-refractivity contribution < 1.29 is 14.3 Å². The van der Waals surface area contributed by atoms with Gasteiger partial charge in [0.15, 0.2) is 0 Å². The molecule has 6 nitrogen and oxygen atoms in total. The normalized spacial score (nSPS) is 10.8. The summed E-state index contributed by atoms with van der Waals surface area (Å²) in [4.78, 5) is 17.1. The summed E-state index contributed by atoms with van der Waals surface area (Å²) in [5.41, 5.74) is 2.80. The van der Waals surface area contributed by atoms with Crippen LogP contribution in [-0.4, -0.2) is 35.7 Å². The Morgan fingerprint density at radius 2 is 1.73 bits per heavy atom. The molecule has 0 aliphatic rings. The molecule has 1 N–H and O–H groups in total. The molecule has 0 unspecified atom stereocenters. The smallest absolute Gasteiger partial charge is 0.251 e. The predicted octanol–water partition coefficient (Wildman–Crippen LogP) is 4.88. The van der Waals surface area contributed by atoms with Crippen LogP contribution in [0.5, 0.6) is 11.5 Å². The topological polar surface area (TPSA) is 65.4 Å². The third-order valence-electron chi connectivity index (χ3n) is 5.47. The third-order valence-corrected chi connectivity index (χ3v) is 5.47. The number of rotatable bonds is 11. The average molecular weight is 444 g/mol. The molecule has 0 radical (unpaired) electrons. The Bertz CT molecular complexity index is 1190. The van der Waals surface area contributed by atoms with Crippen molar-refractivity contribution in [2.45, 2.75) is 25.8 Å². The number of para-hydroxylation sites is 2. The summed E-state index contributed by atoms with van der Waals surface area (Å²) in [5, 5.41) is 3.00. The molecule has 0 bridgehead atoms. The number of amides is 1. The van der Waals surface area contributed by atoms with E-state index in [4.69, 9.17) is 14.5 Å². The highest BCUT2D eigenvalue weighted by Crippen LogP contribution is 2.20. The van der Waals surface area contributed by atoms with E-state index in [1.165, 1.54) is 0 Å². The molecule has 1 amide bonds. The van der Waals surface area contributed by atoms with Crippen molar-refractivity contribution in [3.05, 3.63) is 90.3 Å². The van der Waals surface area contributed by atoms with Crippen LogP contribution < -0.4 is 14.8 Å². The number of nitrogens with zero attached hydrogens (tertiary/aromatic N) is 2. The van der Waals surface area contributed by atoms with Gasteiger partial charge >= 0.3 is 0 Å². The van der Waals surface area contributed by atoms with Crippen molar-refractivity contribution in [2.24, 2.45) is 0 Å². The highest BCUT2D eigenvalue weighted by Gasteiger charge is 2.11. The van der Waals surface area contributed by atoms with Crippen LogP contribution in [-0.2, 0) is 13.0 Å². The molecule has 1 aromatic heterocycles. The van der Waals surface area contributed by atoms with Crippen LogP contribution in [0.25, 0.3) is 11.0 Å². The van der Waals surface area contributed by atoms with Gasteiger partial charge in [-0.25, -0.2) is 4.98 Å². The maximum atomic E-state index is 12.2. The number of aryl methyl sites for hydroxylation is 2. The van der Waals surface area contributed by atoms with Crippen LogP contribution in [0.1, 0.15) is 29.0 Å². The van der Waals surface area contributed by atoms with Crippen LogP contribution in [0.3, 0.4) is 0 Å². The van der Waals surface area contributed by atoms with Crippen molar-refractivity contribution in [2.75, 3.05) is 20.3 Å². The fraction of sp³-hybridized carbons (Fsp3) is 0.259. The van der Waals surface area contributed by atoms with Crippen LogP contribution in [0.15, 0.2) is 78.9 Å². The zero-order chi connectivity index (χ0) is 22.9. The molecule has 1 heterocycles. The van der Waals surface area contributed by atoms with Gasteiger partial charge in [-0.15, -0.1) is 0 Å². The number of fused-ring (bicyclic) bond motifs is 1. The minimum absolute atomic E-state index is 0.0428. The minimum Gasteiger partial charge on any atom is -0.497 e. The van der Waals surface area contributed by atoms with E-state index in [-0.39, 0.29) is 5.91 Å². The quantitative estimate of drug-likeness (QED) is 0.336. The monoisotopic (exact) mass is 443 g/mol. The average Bonchev–Trinajstić information content (AvgIpc) is 3.22. The van der Waals surface area contributed by atoms with E-state index < -0.39 is 0 Å². The van der Waals surface area contributed by atoms with E-state index in [2.05, 4.69) is 16.0 Å². The first kappa shape index (κ1) is 22.4. The number of ether oxygens (including phenoxy) is 2. The molecule has 3 aromatic carbocycles. The van der Waals surface area contributed by atoms with Gasteiger partial charge < -0.3 is 19.4 Å². The molecule has 0 saturated carbocycles. The number of nitrogens with one attached hydrogen (secondary N) is 1. The second-order valence-corrected chi connectivity index (χ2v) is 7.77. The van der Waals surface area contributed by atoms with Crippen molar-refractivity contribution >= 4 is 16.9 Å². The highest BCUT2D eigenvalue weighted by atomic mass is 16.5.